The van der Waals surface area contributed by atoms with E-state index in [0.717, 1.165) is 80.2 Å². The van der Waals surface area contributed by atoms with Crippen molar-refractivity contribution in [2.45, 2.75) is 193 Å². The van der Waals surface area contributed by atoms with Crippen molar-refractivity contribution in [3.63, 3.8) is 0 Å². The van der Waals surface area contributed by atoms with E-state index in [9.17, 15) is 10.2 Å². The van der Waals surface area contributed by atoms with Crippen LogP contribution in [0.5, 0.6) is 23.0 Å². The number of fused-ring (bicyclic) bond motifs is 6. The second-order valence-electron chi connectivity index (χ2n) is 16.8. The van der Waals surface area contributed by atoms with Crippen LogP contribution in [0.4, 0.5) is 25.5 Å². The van der Waals surface area contributed by atoms with E-state index in [1.165, 1.54) is 43.0 Å². The molecule has 0 radical (unpaired) electrons. The summed E-state index contributed by atoms with van der Waals surface area (Å²) in [6.45, 7) is 17.4. The van der Waals surface area contributed by atoms with Crippen LogP contribution >= 0.6 is 27.0 Å². The molecule has 388 valence electrons. The van der Waals surface area contributed by atoms with E-state index >= 15 is 0 Å². The number of ether oxygens (including phenoxy) is 2. The molecule has 6 rings (SSSR count). The van der Waals surface area contributed by atoms with Crippen molar-refractivity contribution < 1.29 is 33.8 Å². The zero-order valence-electron chi connectivity index (χ0n) is 38.7. The molecule has 2 aromatic carbocycles. The van der Waals surface area contributed by atoms with Crippen molar-refractivity contribution in [2.75, 3.05) is 21.1 Å². The maximum absolute atomic E-state index is 11.4. The third-order valence-corrected chi connectivity index (χ3v) is 11.9. The number of hydrogen-bond acceptors (Lipinski definition) is 9. The number of diazo groups is 1. The number of aromatic hydroxyl groups is 2. The summed E-state index contributed by atoms with van der Waals surface area (Å²) in [4.78, 5) is 2.50. The Balaban J connectivity index is -0.000000140. The summed E-state index contributed by atoms with van der Waals surface area (Å²) in [6, 6.07) is 4.13. The lowest BCUT2D eigenvalue weighted by atomic mass is 9.67. The number of rotatable bonds is 10. The normalized spacial score (nSPS) is 19.0. The molecule has 4 atom stereocenters. The molecule has 66 heavy (non-hydrogen) atoms. The molecule has 2 heterocycles. The molecule has 0 bridgehead atoms. The lowest BCUT2D eigenvalue weighted by Crippen LogP contribution is -2.45. The molecule has 0 amide bonds. The average Bonchev–Trinajstić information content (AvgIpc) is 3.11. The van der Waals surface area contributed by atoms with Gasteiger partial charge in [-0.1, -0.05) is 100.0 Å². The second-order valence-corrected chi connectivity index (χ2v) is 16.8. The fourth-order valence-corrected chi connectivity index (χ4v) is 9.14. The van der Waals surface area contributed by atoms with Gasteiger partial charge in [-0.25, -0.2) is 0 Å². The van der Waals surface area contributed by atoms with Crippen LogP contribution in [-0.2, 0) is 12.8 Å². The summed E-state index contributed by atoms with van der Waals surface area (Å²) < 4.78 is 12.9. The van der Waals surface area contributed by atoms with Crippen molar-refractivity contribution in [3.05, 3.63) is 70.1 Å². The summed E-state index contributed by atoms with van der Waals surface area (Å²) >= 11 is 0. The second kappa shape index (κ2) is 35.4. The maximum Gasteiger partial charge on any atom is 0.296 e. The largest absolute Gasteiger partial charge is 0.507 e. The Morgan fingerprint density at radius 2 is 1.12 bits per heavy atom. The minimum absolute atomic E-state index is 0. The highest BCUT2D eigenvalue weighted by atomic mass is 32.1. The molecule has 2 aliphatic carbocycles. The summed E-state index contributed by atoms with van der Waals surface area (Å²) in [5.74, 6) is 3.24. The van der Waals surface area contributed by atoms with E-state index in [0.29, 0.717) is 28.8 Å². The molecule has 0 spiro atoms. The summed E-state index contributed by atoms with van der Waals surface area (Å²) in [5, 5.41) is 46.1. The van der Waals surface area contributed by atoms with Gasteiger partial charge in [0, 0.05) is 54.5 Å². The third kappa shape index (κ3) is 18.0. The van der Waals surface area contributed by atoms with Crippen molar-refractivity contribution in [1.29, 1.82) is 5.39 Å². The molecule has 2 N–H and O–H groups in total. The zero-order valence-corrected chi connectivity index (χ0v) is 40.7. The molecule has 0 fully saturated rings. The Morgan fingerprint density at radius 1 is 0.697 bits per heavy atom. The minimum atomic E-state index is -0.353. The van der Waals surface area contributed by atoms with Crippen LogP contribution in [0, 0.1) is 24.7 Å². The topological polar surface area (TPSA) is 137 Å². The lowest BCUT2D eigenvalue weighted by Gasteiger charge is -2.47. The minimum Gasteiger partial charge on any atom is -0.507 e. The molecule has 10 nitrogen and oxygen atoms in total. The first kappa shape index (κ1) is 79.3. The average molecular weight is 980 g/mol. The van der Waals surface area contributed by atoms with Crippen LogP contribution in [0.15, 0.2) is 55.9 Å². The third-order valence-electron chi connectivity index (χ3n) is 11.9. The fraction of sp³-hybridized carbons (Fsp3) is 0.667. The van der Waals surface area contributed by atoms with Gasteiger partial charge in [0.05, 0.1) is 0 Å². The van der Waals surface area contributed by atoms with E-state index in [2.05, 4.69) is 99.0 Å². The van der Waals surface area contributed by atoms with Gasteiger partial charge >= 0.3 is 0 Å². The van der Waals surface area contributed by atoms with Gasteiger partial charge in [-0.05, 0) is 111 Å². The summed E-state index contributed by atoms with van der Waals surface area (Å²) in [5.41, 5.74) is 7.32. The van der Waals surface area contributed by atoms with Crippen LogP contribution in [-0.4, -0.2) is 42.6 Å². The molecule has 0 unspecified atom stereocenters. The molecule has 4 aliphatic rings. The Hall–Kier alpha value is -3.77. The van der Waals surface area contributed by atoms with Crippen LogP contribution in [0.3, 0.4) is 0 Å². The van der Waals surface area contributed by atoms with Crippen LogP contribution in [0.2, 0.25) is 0 Å². The standard InChI is InChI=1S/C23H34N4O2.C21H30O2.CH3N2.5CH4.CH3.3FH.2H2S/c1-7-8-9-10-15-19(26-24-5)21(28)18-16-13-14(2)11-12-17(16)23(3,4)29-22(18)20(15)27-25-6;1-5-6-7-8-15-12-18(22)20-16-11-14(2)9-10-17(16)21(3,4)23-19(20)13-15;1-3-2;;;;;;;;;;;/h13,16-17,28H,7-12H2,1-6H3;11-13,16-17,22H,5-10H2,1-4H3;1H3;5*1H4;1H3;3*1H;2*1H2/q;;+1;;;;;;-1;;;;;/t2*16-,17-;;;;;;;;;;;;/m11............/s1. The molecular weight excluding hydrogens is 882 g/mol. The Bertz CT molecular complexity index is 1850. The Labute approximate surface area is 415 Å². The highest BCUT2D eigenvalue weighted by Gasteiger charge is 2.48. The summed E-state index contributed by atoms with van der Waals surface area (Å²) in [6.07, 6.45) is 17.6. The van der Waals surface area contributed by atoms with Gasteiger partial charge < -0.3 is 27.1 Å². The Morgan fingerprint density at radius 3 is 1.58 bits per heavy atom. The molecule has 2 aliphatic heterocycles. The highest BCUT2D eigenvalue weighted by Crippen LogP contribution is 2.60. The van der Waals surface area contributed by atoms with Crippen molar-refractivity contribution in [1.82, 2.24) is 0 Å². The quantitative estimate of drug-likeness (QED) is 0.0803. The molecule has 0 saturated carbocycles. The van der Waals surface area contributed by atoms with Crippen molar-refractivity contribution >= 4 is 38.4 Å². The predicted molar refractivity (Wildman–Crippen MR) is 291 cm³/mol. The van der Waals surface area contributed by atoms with E-state index in [-0.39, 0.29) is 120 Å². The lowest BCUT2D eigenvalue weighted by molar-refractivity contribution is 0.0106. The SMILES string of the molecule is C.C.C.C.C.CCCCCc1c(N=NC)c(O)c2c(c1N=NC)OC(C)(C)[C@@H]1CCC(C)=C[C@@H]21.CCCCCc1cc(O)c2c(c1)OC(C)(C)[C@@H]1CCC(C)=C[C@@H]21.C[N+]#N.F.F.F.S.S.[CH3-]. The van der Waals surface area contributed by atoms with E-state index < -0.39 is 0 Å². The zero-order chi connectivity index (χ0) is 40.5. The Kier molecular flexibility index (Phi) is 42.5. The van der Waals surface area contributed by atoms with Gasteiger partial charge in [-0.15, -0.1) is 0 Å². The molecule has 2 aromatic rings. The van der Waals surface area contributed by atoms with Gasteiger partial charge in [0.15, 0.2) is 11.5 Å². The van der Waals surface area contributed by atoms with Gasteiger partial charge in [-0.3, -0.25) is 14.1 Å². The number of halogens is 3. The van der Waals surface area contributed by atoms with Crippen molar-refractivity contribution in [3.8, 4) is 23.0 Å². The van der Waals surface area contributed by atoms with Crippen LogP contribution in [0.1, 0.15) is 191 Å². The first-order chi connectivity index (χ1) is 26.2. The predicted octanol–water partition coefficient (Wildman–Crippen LogP) is 17.7. The number of azo groups is 2. The van der Waals surface area contributed by atoms with Crippen molar-refractivity contribution in [2.24, 2.45) is 32.3 Å². The van der Waals surface area contributed by atoms with E-state index in [1.807, 2.05) is 6.07 Å². The highest BCUT2D eigenvalue weighted by molar-refractivity contribution is 7.59. The fourth-order valence-electron chi connectivity index (χ4n) is 9.14. The van der Waals surface area contributed by atoms with E-state index in [4.69, 9.17) is 14.9 Å². The number of benzene rings is 2. The molecular formula is C51H97F3N6O4S2. The number of allylic oxidation sites excluding steroid dienone is 4. The van der Waals surface area contributed by atoms with Gasteiger partial charge in [0.1, 0.15) is 39.1 Å². The first-order valence-corrected chi connectivity index (χ1v) is 20.5. The maximum atomic E-state index is 11.4. The molecule has 0 saturated heterocycles. The van der Waals surface area contributed by atoms with Gasteiger partial charge in [0.2, 0.25) is 5.39 Å². The number of unbranched alkanes of at least 4 members (excludes halogenated alkanes) is 4. The number of nitrogens with zero attached hydrogens (tertiary/aromatic N) is 6. The van der Waals surface area contributed by atoms with Gasteiger partial charge in [0.25, 0.3) is 7.05 Å². The molecule has 15 heteroatoms. The number of aryl methyl sites for hydroxylation is 1. The first-order valence-electron chi connectivity index (χ1n) is 20.5. The smallest absolute Gasteiger partial charge is 0.296 e. The molecule has 0 aromatic heterocycles. The van der Waals surface area contributed by atoms with E-state index in [1.54, 1.807) is 14.1 Å². The number of hydrogen-bond donors (Lipinski definition) is 2. The van der Waals surface area contributed by atoms with Crippen LogP contribution in [0.25, 0.3) is 4.98 Å². The van der Waals surface area contributed by atoms with Crippen LogP contribution < -0.4 is 9.47 Å². The number of phenolic OH excluding ortho intramolecular Hbond substituents is 2. The number of phenols is 2. The monoisotopic (exact) mass is 979 g/mol. The van der Waals surface area contributed by atoms with Gasteiger partial charge in [-0.2, -0.15) is 47.4 Å². The summed E-state index contributed by atoms with van der Waals surface area (Å²) in [7, 11) is 4.60.